The Labute approximate surface area is 150 Å². The molecular formula is C19H19N3O4. The lowest BCUT2D eigenvalue weighted by Gasteiger charge is -2.25. The van der Waals surface area contributed by atoms with Gasteiger partial charge in [0.2, 0.25) is 0 Å². The van der Waals surface area contributed by atoms with Crippen LogP contribution in [0.5, 0.6) is 5.75 Å². The smallest absolute Gasteiger partial charge is 0.267 e. The highest BCUT2D eigenvalue weighted by atomic mass is 16.5. The summed E-state index contributed by atoms with van der Waals surface area (Å²) in [6, 6.07) is 13.4. The third-order valence-corrected chi connectivity index (χ3v) is 4.01. The van der Waals surface area contributed by atoms with Gasteiger partial charge in [0.1, 0.15) is 17.0 Å². The lowest BCUT2D eigenvalue weighted by atomic mass is 10.0. The van der Waals surface area contributed by atoms with Gasteiger partial charge in [0, 0.05) is 6.07 Å². The van der Waals surface area contributed by atoms with Crippen LogP contribution in [-0.2, 0) is 10.3 Å². The molecule has 0 atom stereocenters. The van der Waals surface area contributed by atoms with Gasteiger partial charge in [-0.05, 0) is 44.2 Å². The lowest BCUT2D eigenvalue weighted by Crippen LogP contribution is -2.47. The zero-order valence-corrected chi connectivity index (χ0v) is 14.7. The maximum absolute atomic E-state index is 12.9. The Bertz CT molecular complexity index is 974. The van der Waals surface area contributed by atoms with Gasteiger partial charge in [0.15, 0.2) is 5.76 Å². The van der Waals surface area contributed by atoms with Crippen LogP contribution in [0.15, 0.2) is 64.0 Å². The predicted octanol–water partition coefficient (Wildman–Crippen LogP) is 2.89. The van der Waals surface area contributed by atoms with Gasteiger partial charge >= 0.3 is 0 Å². The molecule has 134 valence electrons. The maximum Gasteiger partial charge on any atom is 0.267 e. The van der Waals surface area contributed by atoms with Crippen molar-refractivity contribution in [3.63, 3.8) is 0 Å². The number of aromatic nitrogens is 2. The van der Waals surface area contributed by atoms with Crippen LogP contribution in [0.3, 0.4) is 0 Å². The second-order valence-electron chi connectivity index (χ2n) is 6.16. The Morgan fingerprint density at radius 3 is 2.62 bits per heavy atom. The normalized spacial score (nSPS) is 11.2. The summed E-state index contributed by atoms with van der Waals surface area (Å²) in [4.78, 5) is 25.2. The van der Waals surface area contributed by atoms with E-state index in [0.29, 0.717) is 22.9 Å². The van der Waals surface area contributed by atoms with E-state index in [4.69, 9.17) is 9.15 Å². The molecule has 2 aromatic heterocycles. The van der Waals surface area contributed by atoms with Gasteiger partial charge in [-0.1, -0.05) is 12.1 Å². The lowest BCUT2D eigenvalue weighted by molar-refractivity contribution is -0.123. The van der Waals surface area contributed by atoms with E-state index >= 15 is 0 Å². The van der Waals surface area contributed by atoms with Crippen LogP contribution in [0.4, 0.5) is 5.69 Å². The zero-order chi connectivity index (χ0) is 18.7. The SMILES string of the molecule is COc1ccccc1NC(=O)C(C)(C)n1nc(-c2ccco2)ccc1=O. The van der Waals surface area contributed by atoms with Crippen molar-refractivity contribution >= 4 is 11.6 Å². The number of para-hydroxylation sites is 2. The number of hydrogen-bond acceptors (Lipinski definition) is 5. The van der Waals surface area contributed by atoms with Crippen LogP contribution in [0, 0.1) is 0 Å². The first-order valence-electron chi connectivity index (χ1n) is 8.02. The highest BCUT2D eigenvalue weighted by Gasteiger charge is 2.33. The molecule has 0 aliphatic heterocycles. The molecule has 1 aromatic carbocycles. The molecule has 7 nitrogen and oxygen atoms in total. The number of nitrogens with one attached hydrogen (secondary N) is 1. The van der Waals surface area contributed by atoms with Gasteiger partial charge < -0.3 is 14.5 Å². The number of nitrogens with zero attached hydrogens (tertiary/aromatic N) is 2. The fourth-order valence-corrected chi connectivity index (χ4v) is 2.49. The standard InChI is InChI=1S/C19H19N3O4/c1-19(2,18(24)20-13-7-4-5-8-15(13)25-3)22-17(23)11-10-14(21-22)16-9-6-12-26-16/h4-12H,1-3H3,(H,20,24). The molecule has 0 fully saturated rings. The molecule has 1 amide bonds. The number of hydrogen-bond donors (Lipinski definition) is 1. The van der Waals surface area contributed by atoms with E-state index in [1.165, 1.54) is 19.4 Å². The highest BCUT2D eigenvalue weighted by Crippen LogP contribution is 2.25. The van der Waals surface area contributed by atoms with E-state index in [1.807, 2.05) is 0 Å². The molecule has 0 bridgehead atoms. The Morgan fingerprint density at radius 1 is 1.15 bits per heavy atom. The molecule has 0 aliphatic carbocycles. The minimum atomic E-state index is -1.24. The fraction of sp³-hybridized carbons (Fsp3) is 0.211. The minimum Gasteiger partial charge on any atom is -0.495 e. The summed E-state index contributed by atoms with van der Waals surface area (Å²) in [5.41, 5.74) is -0.642. The highest BCUT2D eigenvalue weighted by molar-refractivity contribution is 5.97. The number of furan rings is 1. The number of anilines is 1. The van der Waals surface area contributed by atoms with Gasteiger partial charge in [-0.15, -0.1) is 0 Å². The number of methoxy groups -OCH3 is 1. The van der Waals surface area contributed by atoms with Gasteiger partial charge in [0.25, 0.3) is 11.5 Å². The topological polar surface area (TPSA) is 86.4 Å². The summed E-state index contributed by atoms with van der Waals surface area (Å²) < 4.78 is 11.7. The second-order valence-corrected chi connectivity index (χ2v) is 6.16. The molecular weight excluding hydrogens is 334 g/mol. The summed E-state index contributed by atoms with van der Waals surface area (Å²) in [5, 5.41) is 7.10. The van der Waals surface area contributed by atoms with E-state index in [1.54, 1.807) is 56.3 Å². The first-order valence-corrected chi connectivity index (χ1v) is 8.02. The second kappa shape index (κ2) is 6.87. The summed E-state index contributed by atoms with van der Waals surface area (Å²) >= 11 is 0. The summed E-state index contributed by atoms with van der Waals surface area (Å²) in [5.74, 6) is 0.647. The zero-order valence-electron chi connectivity index (χ0n) is 14.7. The van der Waals surface area contributed by atoms with Crippen molar-refractivity contribution in [2.75, 3.05) is 12.4 Å². The van der Waals surface area contributed by atoms with Crippen molar-refractivity contribution in [1.82, 2.24) is 9.78 Å². The molecule has 0 unspecified atom stereocenters. The molecule has 0 aliphatic rings. The van der Waals surface area contributed by atoms with Crippen molar-refractivity contribution < 1.29 is 13.9 Å². The first-order chi connectivity index (χ1) is 12.4. The van der Waals surface area contributed by atoms with E-state index in [-0.39, 0.29) is 5.56 Å². The average molecular weight is 353 g/mol. The summed E-state index contributed by atoms with van der Waals surface area (Å²) in [6.07, 6.45) is 1.52. The Hall–Kier alpha value is -3.35. The predicted molar refractivity (Wildman–Crippen MR) is 97.1 cm³/mol. The number of rotatable bonds is 5. The molecule has 0 spiro atoms. The molecule has 0 saturated heterocycles. The monoisotopic (exact) mass is 353 g/mol. The van der Waals surface area contributed by atoms with Crippen LogP contribution in [0.25, 0.3) is 11.5 Å². The van der Waals surface area contributed by atoms with Gasteiger partial charge in [0.05, 0.1) is 19.1 Å². The Kier molecular flexibility index (Phi) is 4.62. The van der Waals surface area contributed by atoms with Gasteiger partial charge in [-0.25, -0.2) is 4.68 Å². The van der Waals surface area contributed by atoms with Crippen LogP contribution in [0.1, 0.15) is 13.8 Å². The van der Waals surface area contributed by atoms with Gasteiger partial charge in [-0.3, -0.25) is 9.59 Å². The minimum absolute atomic E-state index is 0.388. The number of benzene rings is 1. The fourth-order valence-electron chi connectivity index (χ4n) is 2.49. The van der Waals surface area contributed by atoms with Crippen LogP contribution in [-0.4, -0.2) is 22.8 Å². The van der Waals surface area contributed by atoms with Crippen molar-refractivity contribution in [1.29, 1.82) is 0 Å². The number of carbonyl (C=O) groups is 1. The Balaban J connectivity index is 1.95. The summed E-state index contributed by atoms with van der Waals surface area (Å²) in [7, 11) is 1.52. The maximum atomic E-state index is 12.9. The van der Waals surface area contributed by atoms with Crippen molar-refractivity contribution in [3.8, 4) is 17.2 Å². The number of amides is 1. The van der Waals surface area contributed by atoms with Gasteiger partial charge in [-0.2, -0.15) is 5.10 Å². The Morgan fingerprint density at radius 2 is 1.92 bits per heavy atom. The van der Waals surface area contributed by atoms with Crippen LogP contribution < -0.4 is 15.6 Å². The summed E-state index contributed by atoms with van der Waals surface area (Å²) in [6.45, 7) is 3.25. The van der Waals surface area contributed by atoms with E-state index < -0.39 is 11.4 Å². The third-order valence-electron chi connectivity index (χ3n) is 4.01. The molecule has 3 aromatic rings. The average Bonchev–Trinajstić information content (AvgIpc) is 3.17. The van der Waals surface area contributed by atoms with E-state index in [9.17, 15) is 9.59 Å². The largest absolute Gasteiger partial charge is 0.495 e. The molecule has 7 heteroatoms. The molecule has 2 heterocycles. The van der Waals surface area contributed by atoms with E-state index in [0.717, 1.165) is 4.68 Å². The number of carbonyl (C=O) groups excluding carboxylic acids is 1. The quantitative estimate of drug-likeness (QED) is 0.762. The molecule has 26 heavy (non-hydrogen) atoms. The first kappa shape index (κ1) is 17.5. The van der Waals surface area contributed by atoms with Crippen molar-refractivity contribution in [3.05, 3.63) is 65.1 Å². The number of ether oxygens (including phenoxy) is 1. The van der Waals surface area contributed by atoms with E-state index in [2.05, 4.69) is 10.4 Å². The van der Waals surface area contributed by atoms with Crippen LogP contribution in [0.2, 0.25) is 0 Å². The molecule has 0 radical (unpaired) electrons. The van der Waals surface area contributed by atoms with Crippen molar-refractivity contribution in [2.24, 2.45) is 0 Å². The molecule has 0 saturated carbocycles. The molecule has 3 rings (SSSR count). The van der Waals surface area contributed by atoms with Crippen LogP contribution >= 0.6 is 0 Å². The van der Waals surface area contributed by atoms with Crippen molar-refractivity contribution in [2.45, 2.75) is 19.4 Å². The molecule has 1 N–H and O–H groups in total. The third kappa shape index (κ3) is 3.23.